The van der Waals surface area contributed by atoms with Gasteiger partial charge in [-0.3, -0.25) is 4.79 Å². The van der Waals surface area contributed by atoms with Crippen molar-refractivity contribution in [2.45, 2.75) is 6.92 Å². The predicted octanol–water partition coefficient (Wildman–Crippen LogP) is 3.26. The second-order valence-corrected chi connectivity index (χ2v) is 6.29. The number of hydrogen-bond donors (Lipinski definition) is 1. The van der Waals surface area contributed by atoms with E-state index in [0.717, 1.165) is 22.6 Å². The van der Waals surface area contributed by atoms with Crippen molar-refractivity contribution >= 4 is 39.7 Å². The van der Waals surface area contributed by atoms with E-state index in [0.29, 0.717) is 26.5 Å². The average molecular weight is 356 g/mol. The Balaban J connectivity index is 2.02. The van der Waals surface area contributed by atoms with Gasteiger partial charge in [-0.25, -0.2) is 9.78 Å². The molecule has 0 atom stereocenters. The summed E-state index contributed by atoms with van der Waals surface area (Å²) >= 11 is 1.15. The quantitative estimate of drug-likeness (QED) is 0.726. The van der Waals surface area contributed by atoms with Crippen molar-refractivity contribution in [2.24, 2.45) is 0 Å². The number of rotatable bonds is 4. The molecule has 7 heteroatoms. The second-order valence-electron chi connectivity index (χ2n) is 5.29. The summed E-state index contributed by atoms with van der Waals surface area (Å²) in [6.45, 7) is 1.72. The molecule has 0 aliphatic rings. The molecule has 0 saturated heterocycles. The normalized spacial score (nSPS) is 11.2. The number of H-pyrrole nitrogens is 1. The summed E-state index contributed by atoms with van der Waals surface area (Å²) in [7, 11) is 2.92. The van der Waals surface area contributed by atoms with Crippen LogP contribution in [0.15, 0.2) is 29.1 Å². The lowest BCUT2D eigenvalue weighted by atomic mass is 10.2. The van der Waals surface area contributed by atoms with Gasteiger partial charge in [0.1, 0.15) is 21.3 Å². The fourth-order valence-corrected chi connectivity index (χ4v) is 3.55. The zero-order valence-electron chi connectivity index (χ0n) is 14.0. The summed E-state index contributed by atoms with van der Waals surface area (Å²) < 4.78 is 9.93. The van der Waals surface area contributed by atoms with Crippen LogP contribution in [0.3, 0.4) is 0 Å². The van der Waals surface area contributed by atoms with Crippen LogP contribution in [0.1, 0.15) is 26.6 Å². The molecule has 3 aromatic rings. The van der Waals surface area contributed by atoms with Gasteiger partial charge in [-0.05, 0) is 36.3 Å². The van der Waals surface area contributed by atoms with Crippen LogP contribution in [0, 0.1) is 6.92 Å². The molecule has 0 radical (unpaired) electrons. The molecule has 3 rings (SSSR count). The van der Waals surface area contributed by atoms with Crippen LogP contribution < -0.4 is 10.3 Å². The Morgan fingerprint density at radius 2 is 2.08 bits per heavy atom. The number of aryl methyl sites for hydroxylation is 1. The molecule has 2 heterocycles. The third kappa shape index (κ3) is 3.32. The molecule has 128 valence electrons. The molecule has 0 spiro atoms. The molecule has 0 aliphatic carbocycles. The molecular formula is C18H16N2O4S. The van der Waals surface area contributed by atoms with Gasteiger partial charge in [0.15, 0.2) is 0 Å². The largest absolute Gasteiger partial charge is 0.497 e. The van der Waals surface area contributed by atoms with Crippen molar-refractivity contribution in [1.82, 2.24) is 9.97 Å². The fraction of sp³-hybridized carbons (Fsp3) is 0.167. The van der Waals surface area contributed by atoms with Gasteiger partial charge in [-0.15, -0.1) is 11.3 Å². The Hall–Kier alpha value is -2.93. The number of nitrogens with one attached hydrogen (secondary N) is 1. The lowest BCUT2D eigenvalue weighted by molar-refractivity contribution is 0.0605. The Morgan fingerprint density at radius 1 is 1.28 bits per heavy atom. The lowest BCUT2D eigenvalue weighted by Gasteiger charge is -2.00. The highest BCUT2D eigenvalue weighted by atomic mass is 32.1. The first-order valence-electron chi connectivity index (χ1n) is 7.47. The molecule has 1 N–H and O–H groups in total. The number of fused-ring (bicyclic) bond motifs is 1. The van der Waals surface area contributed by atoms with Crippen molar-refractivity contribution in [3.63, 3.8) is 0 Å². The maximum Gasteiger partial charge on any atom is 0.348 e. The minimum Gasteiger partial charge on any atom is -0.497 e. The van der Waals surface area contributed by atoms with Crippen LogP contribution in [0.4, 0.5) is 0 Å². The van der Waals surface area contributed by atoms with Gasteiger partial charge in [-0.1, -0.05) is 18.2 Å². The summed E-state index contributed by atoms with van der Waals surface area (Å²) in [4.78, 5) is 32.2. The van der Waals surface area contributed by atoms with E-state index in [1.165, 1.54) is 7.11 Å². The molecule has 0 aliphatic heterocycles. The molecule has 1 aromatic carbocycles. The maximum absolute atomic E-state index is 12.4. The van der Waals surface area contributed by atoms with Crippen molar-refractivity contribution in [2.75, 3.05) is 14.2 Å². The standard InChI is InChI=1S/C18H16N2O4S/c1-10-14-16(21)19-13(20-17(14)25-15(10)18(22)24-3)8-7-11-5-4-6-12(9-11)23-2/h4-9H,1-3H3,(H,19,20,21)/b8-7+. The maximum atomic E-state index is 12.4. The number of aromatic nitrogens is 2. The lowest BCUT2D eigenvalue weighted by Crippen LogP contribution is -2.09. The van der Waals surface area contributed by atoms with E-state index in [-0.39, 0.29) is 5.56 Å². The number of esters is 1. The number of nitrogens with zero attached hydrogens (tertiary/aromatic N) is 1. The van der Waals surface area contributed by atoms with Gasteiger partial charge in [-0.2, -0.15) is 0 Å². The topological polar surface area (TPSA) is 81.3 Å². The van der Waals surface area contributed by atoms with Crippen LogP contribution in [-0.4, -0.2) is 30.2 Å². The first-order chi connectivity index (χ1) is 12.0. The van der Waals surface area contributed by atoms with Crippen LogP contribution in [0.25, 0.3) is 22.4 Å². The summed E-state index contributed by atoms with van der Waals surface area (Å²) in [5.74, 6) is 0.696. The molecule has 0 bridgehead atoms. The van der Waals surface area contributed by atoms with E-state index >= 15 is 0 Å². The average Bonchev–Trinajstić information content (AvgIpc) is 2.96. The zero-order chi connectivity index (χ0) is 18.0. The Bertz CT molecular complexity index is 1030. The van der Waals surface area contributed by atoms with Gasteiger partial charge in [0.25, 0.3) is 5.56 Å². The monoisotopic (exact) mass is 356 g/mol. The third-order valence-electron chi connectivity index (χ3n) is 3.72. The van der Waals surface area contributed by atoms with E-state index in [2.05, 4.69) is 9.97 Å². The summed E-state index contributed by atoms with van der Waals surface area (Å²) in [6, 6.07) is 7.52. The minimum absolute atomic E-state index is 0.279. The van der Waals surface area contributed by atoms with E-state index in [1.807, 2.05) is 30.3 Å². The van der Waals surface area contributed by atoms with Crippen molar-refractivity contribution in [1.29, 1.82) is 0 Å². The molecule has 0 amide bonds. The van der Waals surface area contributed by atoms with Gasteiger partial charge in [0.2, 0.25) is 0 Å². The summed E-state index contributed by atoms with van der Waals surface area (Å²) in [5.41, 5.74) is 1.22. The predicted molar refractivity (Wildman–Crippen MR) is 98.2 cm³/mol. The Morgan fingerprint density at radius 3 is 2.80 bits per heavy atom. The van der Waals surface area contributed by atoms with Gasteiger partial charge in [0.05, 0.1) is 19.6 Å². The first kappa shape index (κ1) is 16.9. The molecule has 0 saturated carbocycles. The molecule has 0 unspecified atom stereocenters. The van der Waals surface area contributed by atoms with Crippen molar-refractivity contribution in [3.8, 4) is 5.75 Å². The minimum atomic E-state index is -0.464. The van der Waals surface area contributed by atoms with E-state index in [4.69, 9.17) is 9.47 Å². The second kappa shape index (κ2) is 6.90. The number of ether oxygens (including phenoxy) is 2. The number of carbonyl (C=O) groups excluding carboxylic acids is 1. The van der Waals surface area contributed by atoms with Gasteiger partial charge in [0, 0.05) is 0 Å². The zero-order valence-corrected chi connectivity index (χ0v) is 14.8. The van der Waals surface area contributed by atoms with Crippen LogP contribution in [0.5, 0.6) is 5.75 Å². The van der Waals surface area contributed by atoms with E-state index < -0.39 is 5.97 Å². The van der Waals surface area contributed by atoms with Crippen LogP contribution in [0.2, 0.25) is 0 Å². The number of benzene rings is 1. The van der Waals surface area contributed by atoms with Crippen molar-refractivity contribution in [3.05, 3.63) is 56.4 Å². The van der Waals surface area contributed by atoms with E-state index in [1.54, 1.807) is 20.1 Å². The molecular weight excluding hydrogens is 340 g/mol. The number of carbonyl (C=O) groups is 1. The molecule has 6 nitrogen and oxygen atoms in total. The third-order valence-corrected chi connectivity index (χ3v) is 4.88. The van der Waals surface area contributed by atoms with Gasteiger partial charge >= 0.3 is 5.97 Å². The number of aromatic amines is 1. The highest BCUT2D eigenvalue weighted by Gasteiger charge is 2.19. The number of thiophene rings is 1. The Labute approximate surface area is 147 Å². The molecule has 25 heavy (non-hydrogen) atoms. The highest BCUT2D eigenvalue weighted by molar-refractivity contribution is 7.20. The smallest absolute Gasteiger partial charge is 0.348 e. The van der Waals surface area contributed by atoms with Crippen molar-refractivity contribution < 1.29 is 14.3 Å². The number of methoxy groups -OCH3 is 2. The van der Waals surface area contributed by atoms with E-state index in [9.17, 15) is 9.59 Å². The fourth-order valence-electron chi connectivity index (χ4n) is 2.45. The van der Waals surface area contributed by atoms with Crippen LogP contribution in [-0.2, 0) is 4.74 Å². The van der Waals surface area contributed by atoms with Crippen LogP contribution >= 0.6 is 11.3 Å². The first-order valence-corrected chi connectivity index (χ1v) is 8.29. The van der Waals surface area contributed by atoms with Gasteiger partial charge < -0.3 is 14.5 Å². The molecule has 0 fully saturated rings. The highest BCUT2D eigenvalue weighted by Crippen LogP contribution is 2.27. The Kier molecular flexibility index (Phi) is 4.67. The molecule has 2 aromatic heterocycles. The summed E-state index contributed by atoms with van der Waals surface area (Å²) in [5, 5.41) is 0.420. The summed E-state index contributed by atoms with van der Waals surface area (Å²) in [6.07, 6.45) is 3.54. The number of hydrogen-bond acceptors (Lipinski definition) is 6. The SMILES string of the molecule is COC(=O)c1sc2nc(/C=C/c3cccc(OC)c3)[nH]c(=O)c2c1C.